The summed E-state index contributed by atoms with van der Waals surface area (Å²) in [4.78, 5) is 30.4. The SMILES string of the molecule is Cc1ccc(CN(C(=O)CN(c2cc(Cl)cc(Cl)c2)S(=O)(=O)c2ccccc2)C(Cc2ccccc2)C(=O)NC2CCCCC2)cc1. The minimum absolute atomic E-state index is 0.00450. The van der Waals surface area contributed by atoms with Gasteiger partial charge in [0.25, 0.3) is 10.0 Å². The molecule has 1 atom stereocenters. The zero-order chi connectivity index (χ0) is 33.4. The van der Waals surface area contributed by atoms with Gasteiger partial charge in [-0.2, -0.15) is 0 Å². The summed E-state index contributed by atoms with van der Waals surface area (Å²) in [5, 5.41) is 3.67. The molecule has 0 bridgehead atoms. The molecule has 1 aliphatic carbocycles. The van der Waals surface area contributed by atoms with Gasteiger partial charge in [0.05, 0.1) is 10.6 Å². The number of nitrogens with zero attached hydrogens (tertiary/aromatic N) is 2. The fourth-order valence-electron chi connectivity index (χ4n) is 5.92. The van der Waals surface area contributed by atoms with Gasteiger partial charge in [-0.1, -0.05) is 121 Å². The lowest BCUT2D eigenvalue weighted by molar-refractivity contribution is -0.140. The Kier molecular flexibility index (Phi) is 11.6. The Bertz CT molecular complexity index is 1740. The second-order valence-corrected chi connectivity index (χ2v) is 14.7. The van der Waals surface area contributed by atoms with Crippen molar-refractivity contribution in [3.8, 4) is 0 Å². The Labute approximate surface area is 287 Å². The van der Waals surface area contributed by atoms with Gasteiger partial charge >= 0.3 is 0 Å². The average molecular weight is 693 g/mol. The van der Waals surface area contributed by atoms with E-state index < -0.39 is 28.5 Å². The predicted octanol–water partition coefficient (Wildman–Crippen LogP) is 7.59. The predicted molar refractivity (Wildman–Crippen MR) is 188 cm³/mol. The number of benzene rings is 4. The van der Waals surface area contributed by atoms with E-state index in [1.54, 1.807) is 18.2 Å². The molecule has 1 N–H and O–H groups in total. The quantitative estimate of drug-likeness (QED) is 0.166. The van der Waals surface area contributed by atoms with Crippen LogP contribution in [0.15, 0.2) is 108 Å². The van der Waals surface area contributed by atoms with Gasteiger partial charge in [-0.3, -0.25) is 13.9 Å². The molecular formula is C37H39Cl2N3O4S. The van der Waals surface area contributed by atoms with Gasteiger partial charge in [0.15, 0.2) is 0 Å². The van der Waals surface area contributed by atoms with E-state index in [2.05, 4.69) is 5.32 Å². The summed E-state index contributed by atoms with van der Waals surface area (Å²) < 4.78 is 29.3. The van der Waals surface area contributed by atoms with Crippen LogP contribution in [0.2, 0.25) is 10.0 Å². The first kappa shape index (κ1) is 34.5. The first-order chi connectivity index (χ1) is 22.6. The van der Waals surface area contributed by atoms with Crippen molar-refractivity contribution in [1.82, 2.24) is 10.2 Å². The first-order valence-electron chi connectivity index (χ1n) is 15.8. The van der Waals surface area contributed by atoms with E-state index in [1.165, 1.54) is 35.2 Å². The number of aryl methyl sites for hydroxylation is 1. The van der Waals surface area contributed by atoms with Crippen LogP contribution in [0, 0.1) is 6.92 Å². The van der Waals surface area contributed by atoms with Crippen LogP contribution >= 0.6 is 23.2 Å². The van der Waals surface area contributed by atoms with Crippen LogP contribution in [0.1, 0.15) is 48.8 Å². The van der Waals surface area contributed by atoms with Crippen molar-refractivity contribution >= 4 is 50.7 Å². The zero-order valence-corrected chi connectivity index (χ0v) is 28.6. The fraction of sp³-hybridized carbons (Fsp3) is 0.297. The molecule has 4 aromatic carbocycles. The van der Waals surface area contributed by atoms with Gasteiger partial charge < -0.3 is 10.2 Å². The highest BCUT2D eigenvalue weighted by atomic mass is 35.5. The first-order valence-corrected chi connectivity index (χ1v) is 18.0. The molecule has 0 radical (unpaired) electrons. The number of carbonyl (C=O) groups excluding carboxylic acids is 2. The molecule has 0 spiro atoms. The molecular weight excluding hydrogens is 653 g/mol. The Morgan fingerprint density at radius 1 is 0.809 bits per heavy atom. The smallest absolute Gasteiger partial charge is 0.264 e. The average Bonchev–Trinajstić information content (AvgIpc) is 3.06. The van der Waals surface area contributed by atoms with Crippen LogP contribution in [-0.2, 0) is 32.6 Å². The van der Waals surface area contributed by atoms with Crippen molar-refractivity contribution in [2.45, 2.75) is 69.0 Å². The number of rotatable bonds is 12. The summed E-state index contributed by atoms with van der Waals surface area (Å²) in [6.07, 6.45) is 5.23. The molecule has 0 aliphatic heterocycles. The monoisotopic (exact) mass is 691 g/mol. The number of halogens is 2. The molecule has 10 heteroatoms. The molecule has 0 heterocycles. The van der Waals surface area contributed by atoms with E-state index in [-0.39, 0.29) is 45.5 Å². The van der Waals surface area contributed by atoms with Crippen LogP contribution in [0.5, 0.6) is 0 Å². The van der Waals surface area contributed by atoms with E-state index in [0.29, 0.717) is 0 Å². The summed E-state index contributed by atoms with van der Waals surface area (Å²) in [5.41, 5.74) is 2.89. The van der Waals surface area contributed by atoms with Crippen molar-refractivity contribution in [3.05, 3.63) is 130 Å². The number of carbonyl (C=O) groups is 2. The van der Waals surface area contributed by atoms with Gasteiger partial charge in [0.2, 0.25) is 11.8 Å². The maximum absolute atomic E-state index is 14.6. The molecule has 1 aliphatic rings. The number of nitrogens with one attached hydrogen (secondary N) is 1. The third-order valence-electron chi connectivity index (χ3n) is 8.44. The summed E-state index contributed by atoms with van der Waals surface area (Å²) in [6, 6.07) is 28.7. The highest BCUT2D eigenvalue weighted by molar-refractivity contribution is 7.92. The molecule has 2 amide bonds. The van der Waals surface area contributed by atoms with Crippen LogP contribution in [0.3, 0.4) is 0 Å². The van der Waals surface area contributed by atoms with Crippen molar-refractivity contribution in [1.29, 1.82) is 0 Å². The van der Waals surface area contributed by atoms with Crippen molar-refractivity contribution in [2.75, 3.05) is 10.8 Å². The van der Waals surface area contributed by atoms with Crippen LogP contribution in [0.25, 0.3) is 0 Å². The number of anilines is 1. The maximum Gasteiger partial charge on any atom is 0.264 e. The largest absolute Gasteiger partial charge is 0.352 e. The normalized spacial score (nSPS) is 14.3. The standard InChI is InChI=1S/C37H39Cl2N3O4S/c1-27-17-19-29(20-18-27)25-41(35(21-28-11-5-2-6-12-28)37(44)40-32-13-7-3-8-14-32)36(43)26-42(33-23-30(38)22-31(39)24-33)47(45,46)34-15-9-4-10-16-34/h2,4-6,9-12,15-20,22-24,32,35H,3,7-8,13-14,21,25-26H2,1H3,(H,40,44). The van der Waals surface area contributed by atoms with Crippen molar-refractivity contribution in [3.63, 3.8) is 0 Å². The summed E-state index contributed by atoms with van der Waals surface area (Å²) >= 11 is 12.7. The topological polar surface area (TPSA) is 86.8 Å². The molecule has 7 nitrogen and oxygen atoms in total. The minimum Gasteiger partial charge on any atom is -0.352 e. The summed E-state index contributed by atoms with van der Waals surface area (Å²) in [5.74, 6) is -0.801. The van der Waals surface area contributed by atoms with Crippen molar-refractivity contribution in [2.24, 2.45) is 0 Å². The molecule has 0 aromatic heterocycles. The minimum atomic E-state index is -4.25. The molecule has 0 saturated heterocycles. The van der Waals surface area contributed by atoms with Gasteiger partial charge in [-0.15, -0.1) is 0 Å². The third-order valence-corrected chi connectivity index (χ3v) is 10.7. The zero-order valence-electron chi connectivity index (χ0n) is 26.3. The van der Waals surface area contributed by atoms with Gasteiger partial charge in [0.1, 0.15) is 12.6 Å². The van der Waals surface area contributed by atoms with Gasteiger partial charge in [0, 0.05) is 29.1 Å². The number of hydrogen-bond acceptors (Lipinski definition) is 4. The number of amides is 2. The second-order valence-electron chi connectivity index (χ2n) is 12.0. The lowest BCUT2D eigenvalue weighted by Crippen LogP contribution is -2.55. The summed E-state index contributed by atoms with van der Waals surface area (Å²) in [6.45, 7) is 1.50. The van der Waals surface area contributed by atoms with E-state index >= 15 is 0 Å². The van der Waals surface area contributed by atoms with Gasteiger partial charge in [-0.25, -0.2) is 8.42 Å². The molecule has 1 fully saturated rings. The van der Waals surface area contributed by atoms with E-state index in [9.17, 15) is 18.0 Å². The molecule has 47 heavy (non-hydrogen) atoms. The number of sulfonamides is 1. The molecule has 1 unspecified atom stereocenters. The highest BCUT2D eigenvalue weighted by Gasteiger charge is 2.35. The van der Waals surface area contributed by atoms with E-state index in [4.69, 9.17) is 23.2 Å². The highest BCUT2D eigenvalue weighted by Crippen LogP contribution is 2.30. The van der Waals surface area contributed by atoms with Crippen LogP contribution < -0.4 is 9.62 Å². The molecule has 1 saturated carbocycles. The van der Waals surface area contributed by atoms with E-state index in [0.717, 1.165) is 53.1 Å². The molecule has 246 valence electrons. The number of hydrogen-bond donors (Lipinski definition) is 1. The van der Waals surface area contributed by atoms with Crippen LogP contribution in [-0.4, -0.2) is 43.8 Å². The summed E-state index contributed by atoms with van der Waals surface area (Å²) in [7, 11) is -4.25. The van der Waals surface area contributed by atoms with Crippen molar-refractivity contribution < 1.29 is 18.0 Å². The van der Waals surface area contributed by atoms with Crippen LogP contribution in [0.4, 0.5) is 5.69 Å². The Balaban J connectivity index is 1.57. The Hall–Kier alpha value is -3.85. The molecule has 5 rings (SSSR count). The lowest BCUT2D eigenvalue weighted by atomic mass is 9.94. The Morgan fingerprint density at radius 3 is 2.02 bits per heavy atom. The van der Waals surface area contributed by atoms with Gasteiger partial charge in [-0.05, 0) is 61.2 Å². The fourth-order valence-corrected chi connectivity index (χ4v) is 7.85. The second kappa shape index (κ2) is 15.8. The Morgan fingerprint density at radius 2 is 1.40 bits per heavy atom. The maximum atomic E-state index is 14.6. The lowest BCUT2D eigenvalue weighted by Gasteiger charge is -2.35. The molecule has 4 aromatic rings. The van der Waals surface area contributed by atoms with E-state index in [1.807, 2.05) is 61.5 Å². The third kappa shape index (κ3) is 9.15.